The van der Waals surface area contributed by atoms with Crippen LogP contribution in [0, 0.1) is 0 Å². The lowest BCUT2D eigenvalue weighted by molar-refractivity contribution is -0.366. The predicted molar refractivity (Wildman–Crippen MR) is 223 cm³/mol. The third-order valence-electron chi connectivity index (χ3n) is 11.7. The van der Waals surface area contributed by atoms with Crippen LogP contribution in [0.25, 0.3) is 0 Å². The summed E-state index contributed by atoms with van der Waals surface area (Å²) in [5, 5.41) is 141. The molecule has 4 rings (SSSR count). The van der Waals surface area contributed by atoms with Crippen molar-refractivity contribution in [2.24, 2.45) is 0 Å². The lowest BCUT2D eigenvalue weighted by atomic mass is 9.96. The second kappa shape index (κ2) is 28.3. The van der Waals surface area contributed by atoms with Crippen molar-refractivity contribution in [3.63, 3.8) is 0 Å². The maximum atomic E-state index is 13.3. The summed E-state index contributed by atoms with van der Waals surface area (Å²) in [4.78, 5) is 52.2. The average Bonchev–Trinajstić information content (AvgIpc) is 3.32. The van der Waals surface area contributed by atoms with Crippen molar-refractivity contribution in [1.82, 2.24) is 20.9 Å². The maximum Gasteiger partial charge on any atom is 0.239 e. The molecule has 16 N–H and O–H groups in total. The first-order valence-corrected chi connectivity index (χ1v) is 22.6. The number of rotatable bonds is 25. The van der Waals surface area contributed by atoms with E-state index in [4.69, 9.17) is 37.9 Å². The highest BCUT2D eigenvalue weighted by atomic mass is 16.8. The van der Waals surface area contributed by atoms with E-state index >= 15 is 0 Å². The van der Waals surface area contributed by atoms with Gasteiger partial charge < -0.3 is 125 Å². The third kappa shape index (κ3) is 16.3. The van der Waals surface area contributed by atoms with E-state index in [0.717, 1.165) is 4.90 Å². The Labute approximate surface area is 395 Å². The number of carbonyl (C=O) groups is 4. The Morgan fingerprint density at radius 1 is 0.507 bits per heavy atom. The van der Waals surface area contributed by atoms with E-state index in [0.29, 0.717) is 13.0 Å². The van der Waals surface area contributed by atoms with Gasteiger partial charge in [0.15, 0.2) is 25.2 Å². The zero-order valence-corrected chi connectivity index (χ0v) is 38.1. The summed E-state index contributed by atoms with van der Waals surface area (Å²) in [5.41, 5.74) is 0. The quantitative estimate of drug-likeness (QED) is 0.0378. The molecule has 0 aromatic carbocycles. The molecule has 29 nitrogen and oxygen atoms in total. The lowest BCUT2D eigenvalue weighted by Crippen LogP contribution is -2.65. The van der Waals surface area contributed by atoms with Gasteiger partial charge in [-0.3, -0.25) is 19.2 Å². The van der Waals surface area contributed by atoms with E-state index in [1.807, 2.05) is 0 Å². The number of ether oxygens (including phenoxy) is 8. The minimum Gasteiger partial charge on any atom is -0.394 e. The first-order chi connectivity index (χ1) is 32.7. The molecule has 4 fully saturated rings. The fraction of sp³-hybridized carbons (Fsp3) is 0.900. The van der Waals surface area contributed by atoms with Gasteiger partial charge in [0.25, 0.3) is 0 Å². The van der Waals surface area contributed by atoms with Crippen molar-refractivity contribution in [1.29, 1.82) is 0 Å². The van der Waals surface area contributed by atoms with E-state index in [-0.39, 0.29) is 44.9 Å². The van der Waals surface area contributed by atoms with Crippen molar-refractivity contribution < 1.29 is 123 Å². The summed E-state index contributed by atoms with van der Waals surface area (Å²) in [6.45, 7) is -1.09. The Morgan fingerprint density at radius 3 is 1.51 bits per heavy atom. The maximum absolute atomic E-state index is 13.3. The van der Waals surface area contributed by atoms with Crippen LogP contribution in [0.3, 0.4) is 0 Å². The molecule has 0 radical (unpaired) electrons. The Balaban J connectivity index is 1.37. The molecule has 4 amide bonds. The molecule has 0 spiro atoms. The van der Waals surface area contributed by atoms with Gasteiger partial charge in [-0.2, -0.15) is 0 Å². The van der Waals surface area contributed by atoms with Crippen molar-refractivity contribution in [2.75, 3.05) is 65.8 Å². The van der Waals surface area contributed by atoms with Gasteiger partial charge in [0.1, 0.15) is 105 Å². The molecule has 0 saturated carbocycles. The predicted octanol–water partition coefficient (Wildman–Crippen LogP) is -9.95. The summed E-state index contributed by atoms with van der Waals surface area (Å²) >= 11 is 0. The zero-order chi connectivity index (χ0) is 51.1. The SMILES string of the molecule is CCNC(=O)CCCCC(=O)N(CC(=O)NCCO[C@@H]1O[C@@H](C)[C@@H](O)[C@@H](O)[C@@H]1O)CC(=O)NCCO[C@H]1OC(CO[C@H]2O[C@H](CO)[C@@H](O)[C@H](O)[C@@H]2O)[C@@H](O)[C@H](O[C@H]2O[C@H](CO)[C@@H](O)[C@H](O)[C@@H]2O)[C@@H]1O. The second-order valence-corrected chi connectivity index (χ2v) is 16.9. The molecule has 0 bridgehead atoms. The van der Waals surface area contributed by atoms with Crippen LogP contribution in [0.5, 0.6) is 0 Å². The number of hydrogen-bond acceptors (Lipinski definition) is 25. The molecule has 4 aliphatic rings. The van der Waals surface area contributed by atoms with E-state index in [2.05, 4.69) is 16.0 Å². The van der Waals surface area contributed by atoms with Gasteiger partial charge in [0.05, 0.1) is 39.1 Å². The number of nitrogens with one attached hydrogen (secondary N) is 3. The second-order valence-electron chi connectivity index (χ2n) is 16.9. The molecule has 4 aliphatic heterocycles. The van der Waals surface area contributed by atoms with Gasteiger partial charge in [-0.05, 0) is 26.7 Å². The summed E-state index contributed by atoms with van der Waals surface area (Å²) < 4.78 is 44.1. The fourth-order valence-electron chi connectivity index (χ4n) is 7.65. The minimum atomic E-state index is -1.98. The highest BCUT2D eigenvalue weighted by Crippen LogP contribution is 2.31. The average molecular weight is 1010 g/mol. The van der Waals surface area contributed by atoms with E-state index in [1.165, 1.54) is 6.92 Å². The Kier molecular flexibility index (Phi) is 24.1. The lowest BCUT2D eigenvalue weighted by Gasteiger charge is -2.46. The first-order valence-electron chi connectivity index (χ1n) is 22.6. The summed E-state index contributed by atoms with van der Waals surface area (Å²) in [6.07, 6.45) is -32.5. The van der Waals surface area contributed by atoms with Crippen molar-refractivity contribution in [2.45, 2.75) is 162 Å². The molecule has 0 aliphatic carbocycles. The Morgan fingerprint density at radius 2 is 0.971 bits per heavy atom. The molecule has 0 aromatic heterocycles. The number of hydrogen-bond donors (Lipinski definition) is 16. The van der Waals surface area contributed by atoms with Gasteiger partial charge in [-0.15, -0.1) is 0 Å². The van der Waals surface area contributed by atoms with Gasteiger partial charge >= 0.3 is 0 Å². The van der Waals surface area contributed by atoms with Crippen LogP contribution in [0.2, 0.25) is 0 Å². The monoisotopic (exact) mass is 1010 g/mol. The van der Waals surface area contributed by atoms with Crippen LogP contribution < -0.4 is 16.0 Å². The van der Waals surface area contributed by atoms with Crippen molar-refractivity contribution >= 4 is 23.6 Å². The molecule has 1 unspecified atom stereocenters. The van der Waals surface area contributed by atoms with Gasteiger partial charge in [0.2, 0.25) is 23.6 Å². The number of aliphatic hydroxyl groups is 13. The van der Waals surface area contributed by atoms with Crippen LogP contribution in [-0.2, 0) is 57.1 Å². The summed E-state index contributed by atoms with van der Waals surface area (Å²) in [7, 11) is 0. The smallest absolute Gasteiger partial charge is 0.239 e. The van der Waals surface area contributed by atoms with Crippen molar-refractivity contribution in [3.05, 3.63) is 0 Å². The number of carbonyl (C=O) groups excluding carboxylic acids is 4. The van der Waals surface area contributed by atoms with Crippen LogP contribution in [0.1, 0.15) is 39.5 Å². The third-order valence-corrected chi connectivity index (χ3v) is 11.7. The summed E-state index contributed by atoms with van der Waals surface area (Å²) in [5.74, 6) is -2.31. The van der Waals surface area contributed by atoms with E-state index in [1.54, 1.807) is 6.92 Å². The largest absolute Gasteiger partial charge is 0.394 e. The van der Waals surface area contributed by atoms with Crippen LogP contribution in [0.15, 0.2) is 0 Å². The number of aliphatic hydroxyl groups excluding tert-OH is 13. The standard InChI is InChI=1S/C40H70N4O25/c1-3-41-21(47)6-4-5-7-24(50)44(12-22(48)42-8-10-62-37-32(58)29(55)25(51)17(2)65-37)13-23(49)43-9-11-63-39-35(61)36(69-40-34(60)31(57)27(53)19(15-46)67-40)28(54)20(68-39)16-64-38-33(59)30(56)26(52)18(14-45)66-38/h17-20,25-40,45-46,51-61H,3-16H2,1-2H3,(H,41,47)(H,42,48)(H,43,49)/t17-,18+,19+,20?,25+,26+,27+,28+,29+,30-,31-,32-,33-,34-,35-,36-,37+,38-,39-,40+/m0/s1. The molecule has 69 heavy (non-hydrogen) atoms. The summed E-state index contributed by atoms with van der Waals surface area (Å²) in [6, 6.07) is 0. The number of nitrogens with zero attached hydrogens (tertiary/aromatic N) is 1. The minimum absolute atomic E-state index is 0.133. The molecule has 4 saturated heterocycles. The molecule has 20 atom stereocenters. The molecule has 29 heteroatoms. The highest BCUT2D eigenvalue weighted by molar-refractivity contribution is 5.89. The Bertz CT molecular complexity index is 1590. The van der Waals surface area contributed by atoms with E-state index < -0.39 is 180 Å². The van der Waals surface area contributed by atoms with Gasteiger partial charge in [0, 0.05) is 32.5 Å². The zero-order valence-electron chi connectivity index (χ0n) is 38.1. The van der Waals surface area contributed by atoms with Gasteiger partial charge in [-0.1, -0.05) is 0 Å². The van der Waals surface area contributed by atoms with Crippen LogP contribution in [-0.4, -0.2) is 283 Å². The molecular formula is C40H70N4O25. The first kappa shape index (κ1) is 58.6. The highest BCUT2D eigenvalue weighted by Gasteiger charge is 2.52. The fourth-order valence-corrected chi connectivity index (χ4v) is 7.65. The normalized spacial score (nSPS) is 38.2. The van der Waals surface area contributed by atoms with Crippen LogP contribution >= 0.6 is 0 Å². The molecule has 4 heterocycles. The van der Waals surface area contributed by atoms with Crippen LogP contribution in [0.4, 0.5) is 0 Å². The number of amides is 4. The molecule has 400 valence electrons. The topological polar surface area (TPSA) is 444 Å². The van der Waals surface area contributed by atoms with E-state index in [9.17, 15) is 85.6 Å². The van der Waals surface area contributed by atoms with Crippen molar-refractivity contribution in [3.8, 4) is 0 Å². The molecular weight excluding hydrogens is 936 g/mol. The van der Waals surface area contributed by atoms with Gasteiger partial charge in [-0.25, -0.2) is 0 Å². The Hall–Kier alpha value is -2.96. The number of unbranched alkanes of at least 4 members (excludes halogenated alkanes) is 1. The molecule has 0 aromatic rings.